The van der Waals surface area contributed by atoms with Gasteiger partial charge in [0.25, 0.3) is 5.91 Å². The van der Waals surface area contributed by atoms with Gasteiger partial charge in [0.1, 0.15) is 11.7 Å². The van der Waals surface area contributed by atoms with E-state index in [1.54, 1.807) is 24.3 Å². The summed E-state index contributed by atoms with van der Waals surface area (Å²) in [7, 11) is -4.01. The summed E-state index contributed by atoms with van der Waals surface area (Å²) >= 11 is 0. The zero-order chi connectivity index (χ0) is 24.9. The van der Waals surface area contributed by atoms with Crippen LogP contribution in [0.3, 0.4) is 0 Å². The van der Waals surface area contributed by atoms with Crippen LogP contribution in [0.5, 0.6) is 0 Å². The third-order valence-electron chi connectivity index (χ3n) is 6.00. The van der Waals surface area contributed by atoms with Crippen molar-refractivity contribution in [3.8, 4) is 0 Å². The maximum Gasteiger partial charge on any atom is 0.252 e. The Balaban J connectivity index is 1.62. The molecule has 3 N–H and O–H groups in total. The molecule has 0 aliphatic carbocycles. The number of benzene rings is 3. The van der Waals surface area contributed by atoms with Crippen molar-refractivity contribution in [2.75, 3.05) is 10.2 Å². The van der Waals surface area contributed by atoms with Crippen molar-refractivity contribution in [3.63, 3.8) is 0 Å². The highest BCUT2D eigenvalue weighted by molar-refractivity contribution is 7.89. The highest BCUT2D eigenvalue weighted by Gasteiger charge is 2.38. The number of amides is 2. The minimum absolute atomic E-state index is 0.122. The molecule has 0 spiro atoms. The van der Waals surface area contributed by atoms with Crippen molar-refractivity contribution in [3.05, 3.63) is 83.0 Å². The van der Waals surface area contributed by atoms with Crippen LogP contribution in [0.4, 0.5) is 11.4 Å². The number of carbonyl (C=O) groups excluding carboxylic acids is 2. The molecule has 1 aromatic heterocycles. The second-order valence-corrected chi connectivity index (χ2v) is 10.1. The Morgan fingerprint density at radius 1 is 1.11 bits per heavy atom. The minimum atomic E-state index is -4.01. The number of anilines is 2. The van der Waals surface area contributed by atoms with Crippen LogP contribution in [0.15, 0.2) is 70.1 Å². The SMILES string of the molecule is Cc1cc(C)c2onc(CC(=O)N3c4ccc(S(N)(=O)=O)cc4NC(=O)C3c3ccccc3)c2c1. The fraction of sp³-hybridized carbons (Fsp3) is 0.160. The smallest absolute Gasteiger partial charge is 0.252 e. The highest BCUT2D eigenvalue weighted by atomic mass is 32.2. The summed E-state index contributed by atoms with van der Waals surface area (Å²) in [5, 5.41) is 12.9. The summed E-state index contributed by atoms with van der Waals surface area (Å²) in [5.41, 5.74) is 4.12. The number of nitrogens with one attached hydrogen (secondary N) is 1. The number of rotatable bonds is 4. The van der Waals surface area contributed by atoms with Crippen LogP contribution in [0, 0.1) is 13.8 Å². The summed E-state index contributed by atoms with van der Waals surface area (Å²) in [6.45, 7) is 3.86. The standard InChI is InChI=1S/C25H22N4O5S/c1-14-10-15(2)24-18(11-14)19(28-34-24)13-22(30)29-21-9-8-17(35(26,32)33)12-20(21)27-25(31)23(29)16-6-4-3-5-7-16/h3-12,23H,13H2,1-2H3,(H,27,31)(H2,26,32,33). The van der Waals surface area contributed by atoms with Gasteiger partial charge in [0, 0.05) is 5.39 Å². The van der Waals surface area contributed by atoms with Crippen LogP contribution in [-0.2, 0) is 26.0 Å². The number of nitrogens with two attached hydrogens (primary N) is 1. The van der Waals surface area contributed by atoms with E-state index in [1.807, 2.05) is 32.0 Å². The second kappa shape index (κ2) is 8.33. The molecule has 1 atom stereocenters. The minimum Gasteiger partial charge on any atom is -0.356 e. The molecule has 0 saturated carbocycles. The Labute approximate surface area is 201 Å². The van der Waals surface area contributed by atoms with Gasteiger partial charge in [-0.2, -0.15) is 0 Å². The van der Waals surface area contributed by atoms with Crippen LogP contribution < -0.4 is 15.4 Å². The molecule has 35 heavy (non-hydrogen) atoms. The van der Waals surface area contributed by atoms with Crippen LogP contribution in [0.1, 0.15) is 28.4 Å². The normalized spacial score (nSPS) is 15.7. The van der Waals surface area contributed by atoms with Gasteiger partial charge in [-0.1, -0.05) is 41.6 Å². The monoisotopic (exact) mass is 490 g/mol. The van der Waals surface area contributed by atoms with E-state index in [9.17, 15) is 18.0 Å². The summed E-state index contributed by atoms with van der Waals surface area (Å²) in [6.07, 6.45) is -0.122. The average Bonchev–Trinajstić information content (AvgIpc) is 3.20. The first-order chi connectivity index (χ1) is 16.6. The van der Waals surface area contributed by atoms with Gasteiger partial charge in [0.05, 0.1) is 22.7 Å². The molecule has 1 aliphatic heterocycles. The summed E-state index contributed by atoms with van der Waals surface area (Å²) < 4.78 is 29.2. The third kappa shape index (κ3) is 4.07. The quantitative estimate of drug-likeness (QED) is 0.450. The fourth-order valence-electron chi connectivity index (χ4n) is 4.47. The molecule has 3 aromatic carbocycles. The Kier molecular flexibility index (Phi) is 5.42. The first-order valence-corrected chi connectivity index (χ1v) is 12.4. The molecule has 5 rings (SSSR count). The number of nitrogens with zero attached hydrogens (tertiary/aromatic N) is 2. The van der Waals surface area contributed by atoms with Gasteiger partial charge in [-0.3, -0.25) is 14.5 Å². The molecule has 2 heterocycles. The first-order valence-electron chi connectivity index (χ1n) is 10.8. The lowest BCUT2D eigenvalue weighted by Crippen LogP contribution is -2.46. The molecule has 9 nitrogen and oxygen atoms in total. The lowest BCUT2D eigenvalue weighted by molar-refractivity contribution is -0.123. The summed E-state index contributed by atoms with van der Waals surface area (Å²) in [4.78, 5) is 28.2. The zero-order valence-corrected chi connectivity index (χ0v) is 19.8. The lowest BCUT2D eigenvalue weighted by Gasteiger charge is -2.36. The molecule has 1 aliphatic rings. The molecule has 0 bridgehead atoms. The van der Waals surface area contributed by atoms with E-state index >= 15 is 0 Å². The van der Waals surface area contributed by atoms with Crippen LogP contribution in [0.25, 0.3) is 11.0 Å². The Morgan fingerprint density at radius 3 is 2.57 bits per heavy atom. The molecule has 1 unspecified atom stereocenters. The van der Waals surface area contributed by atoms with Crippen molar-refractivity contribution in [2.24, 2.45) is 5.14 Å². The number of sulfonamides is 1. The number of aromatic nitrogens is 1. The van der Waals surface area contributed by atoms with Gasteiger partial charge in [0.2, 0.25) is 15.9 Å². The van der Waals surface area contributed by atoms with E-state index < -0.39 is 27.9 Å². The zero-order valence-electron chi connectivity index (χ0n) is 19.0. The summed E-state index contributed by atoms with van der Waals surface area (Å²) in [6, 6.07) is 15.8. The van der Waals surface area contributed by atoms with Crippen molar-refractivity contribution in [2.45, 2.75) is 31.2 Å². The van der Waals surface area contributed by atoms with Gasteiger partial charge in [-0.25, -0.2) is 13.6 Å². The van der Waals surface area contributed by atoms with Crippen molar-refractivity contribution in [1.82, 2.24) is 5.16 Å². The van der Waals surface area contributed by atoms with E-state index in [0.717, 1.165) is 16.5 Å². The van der Waals surface area contributed by atoms with Gasteiger partial charge in [-0.05, 0) is 54.8 Å². The number of hydrogen-bond acceptors (Lipinski definition) is 6. The average molecular weight is 491 g/mol. The Bertz CT molecular complexity index is 1600. The molecule has 4 aromatic rings. The topological polar surface area (TPSA) is 136 Å². The highest BCUT2D eigenvalue weighted by Crippen LogP contribution is 2.40. The number of carbonyl (C=O) groups is 2. The largest absolute Gasteiger partial charge is 0.356 e. The first kappa shape index (κ1) is 22.8. The molecule has 178 valence electrons. The molecule has 0 fully saturated rings. The van der Waals surface area contributed by atoms with Gasteiger partial charge in [0.15, 0.2) is 5.58 Å². The van der Waals surface area contributed by atoms with E-state index in [0.29, 0.717) is 22.5 Å². The maximum absolute atomic E-state index is 13.8. The molecule has 10 heteroatoms. The van der Waals surface area contributed by atoms with E-state index in [-0.39, 0.29) is 17.0 Å². The molecule has 0 radical (unpaired) electrons. The van der Waals surface area contributed by atoms with Crippen molar-refractivity contribution >= 4 is 44.2 Å². The van der Waals surface area contributed by atoms with Crippen LogP contribution in [0.2, 0.25) is 0 Å². The number of aryl methyl sites for hydroxylation is 2. The predicted molar refractivity (Wildman–Crippen MR) is 130 cm³/mol. The molecule has 0 saturated heterocycles. The fourth-order valence-corrected chi connectivity index (χ4v) is 5.01. The Morgan fingerprint density at radius 2 is 1.86 bits per heavy atom. The number of primary sulfonamides is 1. The lowest BCUT2D eigenvalue weighted by atomic mass is 9.99. The predicted octanol–water partition coefficient (Wildman–Crippen LogP) is 3.36. The number of hydrogen-bond donors (Lipinski definition) is 2. The van der Waals surface area contributed by atoms with Gasteiger partial charge >= 0.3 is 0 Å². The van der Waals surface area contributed by atoms with E-state index in [4.69, 9.17) is 9.66 Å². The van der Waals surface area contributed by atoms with E-state index in [2.05, 4.69) is 10.5 Å². The second-order valence-electron chi connectivity index (χ2n) is 8.55. The summed E-state index contributed by atoms with van der Waals surface area (Å²) in [5.74, 6) is -0.868. The van der Waals surface area contributed by atoms with E-state index in [1.165, 1.54) is 23.1 Å². The molecular formula is C25H22N4O5S. The van der Waals surface area contributed by atoms with Crippen molar-refractivity contribution in [1.29, 1.82) is 0 Å². The van der Waals surface area contributed by atoms with Gasteiger partial charge in [-0.15, -0.1) is 0 Å². The molecule has 2 amide bonds. The van der Waals surface area contributed by atoms with Crippen molar-refractivity contribution < 1.29 is 22.5 Å². The molecular weight excluding hydrogens is 468 g/mol. The number of fused-ring (bicyclic) bond motifs is 2. The Hall–Kier alpha value is -4.02. The van der Waals surface area contributed by atoms with Crippen LogP contribution in [-0.4, -0.2) is 25.4 Å². The van der Waals surface area contributed by atoms with Gasteiger partial charge < -0.3 is 9.84 Å². The third-order valence-corrected chi connectivity index (χ3v) is 6.91. The van der Waals surface area contributed by atoms with Crippen LogP contribution >= 0.6 is 0 Å². The maximum atomic E-state index is 13.8.